The Morgan fingerprint density at radius 2 is 1.81 bits per heavy atom. The predicted octanol–water partition coefficient (Wildman–Crippen LogP) is 2.76. The second-order valence-electron chi connectivity index (χ2n) is 4.58. The third-order valence-corrected chi connectivity index (χ3v) is 4.07. The van der Waals surface area contributed by atoms with Gasteiger partial charge < -0.3 is 20.1 Å². The van der Waals surface area contributed by atoms with Gasteiger partial charge in [-0.05, 0) is 26.0 Å². The Labute approximate surface area is 129 Å². The number of nitrogen functional groups attached to an aromatic ring is 1. The van der Waals surface area contributed by atoms with E-state index < -0.39 is 0 Å². The van der Waals surface area contributed by atoms with E-state index in [9.17, 15) is 0 Å². The van der Waals surface area contributed by atoms with Crippen LogP contribution in [-0.2, 0) is 9.47 Å². The molecule has 0 aliphatic rings. The van der Waals surface area contributed by atoms with Crippen LogP contribution in [0.5, 0.6) is 0 Å². The minimum absolute atomic E-state index is 0.678. The molecule has 6 heteroatoms. The summed E-state index contributed by atoms with van der Waals surface area (Å²) in [5.41, 5.74) is 10.8. The Morgan fingerprint density at radius 1 is 1.14 bits per heavy atom. The summed E-state index contributed by atoms with van der Waals surface area (Å²) >= 11 is 1.61. The highest BCUT2D eigenvalue weighted by Crippen LogP contribution is 2.32. The summed E-state index contributed by atoms with van der Waals surface area (Å²) in [5, 5.41) is 0. The summed E-state index contributed by atoms with van der Waals surface area (Å²) in [6.07, 6.45) is 0. The van der Waals surface area contributed by atoms with E-state index in [1.54, 1.807) is 11.3 Å². The van der Waals surface area contributed by atoms with Crippen molar-refractivity contribution in [1.82, 2.24) is 4.98 Å². The Bertz CT molecular complexity index is 549. The molecule has 2 rings (SSSR count). The first kappa shape index (κ1) is 16.0. The molecule has 0 saturated heterocycles. The zero-order valence-electron chi connectivity index (χ0n) is 12.7. The smallest absolute Gasteiger partial charge is 0.106 e. The van der Waals surface area contributed by atoms with Crippen molar-refractivity contribution in [3.8, 4) is 0 Å². The molecular formula is C15H23N3O2S. The maximum Gasteiger partial charge on any atom is 0.106 e. The fraction of sp³-hybridized carbons (Fsp3) is 0.533. The highest BCUT2D eigenvalue weighted by atomic mass is 32.1. The van der Waals surface area contributed by atoms with Crippen LogP contribution in [0.25, 0.3) is 10.2 Å². The monoisotopic (exact) mass is 309 g/mol. The summed E-state index contributed by atoms with van der Waals surface area (Å²) in [5.74, 6) is 0. The summed E-state index contributed by atoms with van der Waals surface area (Å²) in [4.78, 5) is 6.57. The lowest BCUT2D eigenvalue weighted by molar-refractivity contribution is 0.141. The standard InChI is InChI=1S/C15H23N3O2S/c1-3-19-9-7-18(8-10-20-4-2)12-5-6-13-15(14(12)16)17-11-21-13/h5-6,11H,3-4,7-10,16H2,1-2H3. The van der Waals surface area contributed by atoms with Gasteiger partial charge in [-0.1, -0.05) is 0 Å². The molecule has 0 unspecified atom stereocenters. The molecule has 2 aromatic rings. The van der Waals surface area contributed by atoms with Gasteiger partial charge in [0.1, 0.15) is 5.52 Å². The molecule has 0 aliphatic carbocycles. The SMILES string of the molecule is CCOCCN(CCOCC)c1ccc2scnc2c1N. The molecule has 0 bridgehead atoms. The molecule has 0 spiro atoms. The molecule has 0 amide bonds. The number of nitrogens with zero attached hydrogens (tertiary/aromatic N) is 2. The molecule has 5 nitrogen and oxygen atoms in total. The van der Waals surface area contributed by atoms with Gasteiger partial charge in [0.05, 0.1) is 34.8 Å². The maximum atomic E-state index is 6.29. The Balaban J connectivity index is 2.17. The number of anilines is 2. The summed E-state index contributed by atoms with van der Waals surface area (Å²) in [6.45, 7) is 8.39. The third kappa shape index (κ3) is 4.06. The average molecular weight is 309 g/mol. The van der Waals surface area contributed by atoms with Crippen molar-refractivity contribution in [1.29, 1.82) is 0 Å². The topological polar surface area (TPSA) is 60.6 Å². The average Bonchev–Trinajstić information content (AvgIpc) is 2.96. The van der Waals surface area contributed by atoms with Crippen LogP contribution in [0.3, 0.4) is 0 Å². The number of hydrogen-bond donors (Lipinski definition) is 1. The lowest BCUT2D eigenvalue weighted by Crippen LogP contribution is -2.31. The Hall–Kier alpha value is -1.37. The molecule has 0 aliphatic heterocycles. The fourth-order valence-electron chi connectivity index (χ4n) is 2.21. The van der Waals surface area contributed by atoms with E-state index in [-0.39, 0.29) is 0 Å². The number of benzene rings is 1. The quantitative estimate of drug-likeness (QED) is 0.570. The van der Waals surface area contributed by atoms with Gasteiger partial charge in [-0.15, -0.1) is 11.3 Å². The molecule has 0 fully saturated rings. The van der Waals surface area contributed by atoms with Gasteiger partial charge in [-0.2, -0.15) is 0 Å². The lowest BCUT2D eigenvalue weighted by atomic mass is 10.2. The molecule has 21 heavy (non-hydrogen) atoms. The van der Waals surface area contributed by atoms with Gasteiger partial charge in [0.15, 0.2) is 0 Å². The molecule has 0 saturated carbocycles. The van der Waals surface area contributed by atoms with E-state index >= 15 is 0 Å². The number of thiazole rings is 1. The first-order chi connectivity index (χ1) is 10.3. The number of hydrogen-bond acceptors (Lipinski definition) is 6. The highest BCUT2D eigenvalue weighted by molar-refractivity contribution is 7.16. The van der Waals surface area contributed by atoms with Crippen LogP contribution in [0.1, 0.15) is 13.8 Å². The van der Waals surface area contributed by atoms with Gasteiger partial charge in [-0.25, -0.2) is 4.98 Å². The highest BCUT2D eigenvalue weighted by Gasteiger charge is 2.13. The van der Waals surface area contributed by atoms with Gasteiger partial charge in [0.2, 0.25) is 0 Å². The minimum Gasteiger partial charge on any atom is -0.395 e. The van der Waals surface area contributed by atoms with Crippen LogP contribution < -0.4 is 10.6 Å². The molecule has 0 atom stereocenters. The largest absolute Gasteiger partial charge is 0.395 e. The maximum absolute atomic E-state index is 6.29. The molecule has 1 heterocycles. The Morgan fingerprint density at radius 3 is 2.43 bits per heavy atom. The van der Waals surface area contributed by atoms with Crippen LogP contribution in [0.2, 0.25) is 0 Å². The molecular weight excluding hydrogens is 286 g/mol. The van der Waals surface area contributed by atoms with Crippen molar-refractivity contribution in [3.05, 3.63) is 17.6 Å². The first-order valence-electron chi connectivity index (χ1n) is 7.30. The number of fused-ring (bicyclic) bond motifs is 1. The van der Waals surface area contributed by atoms with E-state index in [1.807, 2.05) is 19.4 Å². The van der Waals surface area contributed by atoms with Gasteiger partial charge >= 0.3 is 0 Å². The van der Waals surface area contributed by atoms with Crippen molar-refractivity contribution in [2.45, 2.75) is 13.8 Å². The van der Waals surface area contributed by atoms with Crippen LogP contribution in [0, 0.1) is 0 Å². The van der Waals surface area contributed by atoms with Crippen molar-refractivity contribution >= 4 is 32.9 Å². The fourth-order valence-corrected chi connectivity index (χ4v) is 2.90. The van der Waals surface area contributed by atoms with E-state index in [0.717, 1.165) is 47.9 Å². The first-order valence-corrected chi connectivity index (χ1v) is 8.18. The summed E-state index contributed by atoms with van der Waals surface area (Å²) in [6, 6.07) is 4.14. The van der Waals surface area contributed by atoms with Crippen LogP contribution >= 0.6 is 11.3 Å². The summed E-state index contributed by atoms with van der Waals surface area (Å²) < 4.78 is 12.1. The van der Waals surface area contributed by atoms with E-state index in [0.29, 0.717) is 13.2 Å². The van der Waals surface area contributed by atoms with Gasteiger partial charge in [-0.3, -0.25) is 0 Å². The lowest BCUT2D eigenvalue weighted by Gasteiger charge is -2.26. The number of ether oxygens (including phenoxy) is 2. The molecule has 116 valence electrons. The normalized spacial score (nSPS) is 11.1. The molecule has 1 aromatic heterocycles. The summed E-state index contributed by atoms with van der Waals surface area (Å²) in [7, 11) is 0. The molecule has 0 radical (unpaired) electrons. The second kappa shape index (κ2) is 8.17. The van der Waals surface area contributed by atoms with Crippen LogP contribution in [0.15, 0.2) is 17.6 Å². The molecule has 1 aromatic carbocycles. The predicted molar refractivity (Wildman–Crippen MR) is 89.2 cm³/mol. The minimum atomic E-state index is 0.678. The van der Waals surface area contributed by atoms with Crippen molar-refractivity contribution in [3.63, 3.8) is 0 Å². The van der Waals surface area contributed by atoms with Crippen molar-refractivity contribution < 1.29 is 9.47 Å². The number of nitrogens with two attached hydrogens (primary N) is 1. The van der Waals surface area contributed by atoms with Gasteiger partial charge in [0, 0.05) is 26.3 Å². The van der Waals surface area contributed by atoms with E-state index in [4.69, 9.17) is 15.2 Å². The zero-order valence-corrected chi connectivity index (χ0v) is 13.5. The zero-order chi connectivity index (χ0) is 15.1. The van der Waals surface area contributed by atoms with E-state index in [2.05, 4.69) is 22.0 Å². The van der Waals surface area contributed by atoms with E-state index in [1.165, 1.54) is 0 Å². The Kier molecular flexibility index (Phi) is 6.22. The van der Waals surface area contributed by atoms with Crippen LogP contribution in [0.4, 0.5) is 11.4 Å². The number of aromatic nitrogens is 1. The number of rotatable bonds is 9. The second-order valence-corrected chi connectivity index (χ2v) is 5.46. The third-order valence-electron chi connectivity index (χ3n) is 3.28. The van der Waals surface area contributed by atoms with Crippen molar-refractivity contribution in [2.75, 3.05) is 50.2 Å². The molecule has 2 N–H and O–H groups in total. The van der Waals surface area contributed by atoms with Crippen molar-refractivity contribution in [2.24, 2.45) is 0 Å². The van der Waals surface area contributed by atoms with Crippen LogP contribution in [-0.4, -0.2) is 44.5 Å². The van der Waals surface area contributed by atoms with Gasteiger partial charge in [0.25, 0.3) is 0 Å².